The van der Waals surface area contributed by atoms with E-state index in [1.165, 1.54) is 0 Å². The fourth-order valence-electron chi connectivity index (χ4n) is 2.97. The van der Waals surface area contributed by atoms with Gasteiger partial charge in [0, 0.05) is 37.3 Å². The molecule has 1 aliphatic heterocycles. The molecule has 0 radical (unpaired) electrons. The van der Waals surface area contributed by atoms with Crippen molar-refractivity contribution in [1.29, 1.82) is 0 Å². The molecule has 2 fully saturated rings. The molecule has 22 heavy (non-hydrogen) atoms. The van der Waals surface area contributed by atoms with E-state index in [0.717, 1.165) is 43.7 Å². The average Bonchev–Trinajstić information content (AvgIpc) is 3.32. The van der Waals surface area contributed by atoms with Crippen molar-refractivity contribution in [3.63, 3.8) is 0 Å². The Labute approximate surface area is 128 Å². The van der Waals surface area contributed by atoms with Crippen molar-refractivity contribution in [1.82, 2.24) is 24.8 Å². The monoisotopic (exact) mass is 295 g/mol. The largest absolute Gasteiger partial charge is 0.330 e. The summed E-state index contributed by atoms with van der Waals surface area (Å²) in [5.74, 6) is 1.35. The van der Waals surface area contributed by atoms with Crippen molar-refractivity contribution in [3.8, 4) is 0 Å². The van der Waals surface area contributed by atoms with E-state index in [-0.39, 0.29) is 11.9 Å². The summed E-state index contributed by atoms with van der Waals surface area (Å²) in [5.41, 5.74) is 1.41. The lowest BCUT2D eigenvalue weighted by Crippen LogP contribution is -2.31. The summed E-state index contributed by atoms with van der Waals surface area (Å²) < 4.78 is 0. The van der Waals surface area contributed by atoms with Crippen molar-refractivity contribution in [3.05, 3.63) is 48.1 Å². The molecule has 6 heteroatoms. The molecule has 0 bridgehead atoms. The number of carbonyl (C=O) groups is 1. The van der Waals surface area contributed by atoms with Crippen LogP contribution in [0.3, 0.4) is 0 Å². The molecule has 0 unspecified atom stereocenters. The molecule has 2 aromatic heterocycles. The third-order valence-corrected chi connectivity index (χ3v) is 4.30. The summed E-state index contributed by atoms with van der Waals surface area (Å²) in [7, 11) is 0. The first-order chi connectivity index (χ1) is 10.8. The summed E-state index contributed by atoms with van der Waals surface area (Å²) in [6, 6.07) is 0.00399. The summed E-state index contributed by atoms with van der Waals surface area (Å²) in [6.45, 7) is 0.741. The first kappa shape index (κ1) is 13.3. The molecule has 1 saturated heterocycles. The number of hydrogen-bond donors (Lipinski definition) is 0. The van der Waals surface area contributed by atoms with Gasteiger partial charge in [0.25, 0.3) is 5.91 Å². The second-order valence-electron chi connectivity index (χ2n) is 5.89. The first-order valence-corrected chi connectivity index (χ1v) is 7.72. The van der Waals surface area contributed by atoms with Crippen LogP contribution in [0.5, 0.6) is 0 Å². The first-order valence-electron chi connectivity index (χ1n) is 7.72. The molecule has 1 amide bonds. The molecule has 1 saturated carbocycles. The van der Waals surface area contributed by atoms with Crippen molar-refractivity contribution in [2.45, 2.75) is 37.6 Å². The number of rotatable bonds is 3. The lowest BCUT2D eigenvalue weighted by Gasteiger charge is -2.23. The normalized spacial score (nSPS) is 21.1. The minimum absolute atomic E-state index is 0.00399. The van der Waals surface area contributed by atoms with Crippen LogP contribution >= 0.6 is 0 Å². The molecule has 6 nitrogen and oxygen atoms in total. The predicted molar refractivity (Wildman–Crippen MR) is 79.1 cm³/mol. The van der Waals surface area contributed by atoms with Gasteiger partial charge in [-0.3, -0.25) is 14.8 Å². The highest BCUT2D eigenvalue weighted by molar-refractivity contribution is 5.94. The maximum absolute atomic E-state index is 12.7. The Hall–Kier alpha value is -2.37. The zero-order valence-corrected chi connectivity index (χ0v) is 12.2. The maximum Gasteiger partial charge on any atom is 0.257 e. The Balaban J connectivity index is 1.55. The average molecular weight is 295 g/mol. The van der Waals surface area contributed by atoms with E-state index < -0.39 is 0 Å². The van der Waals surface area contributed by atoms with Crippen LogP contribution < -0.4 is 0 Å². The molecular weight excluding hydrogens is 278 g/mol. The number of nitrogens with zero attached hydrogens (tertiary/aromatic N) is 5. The van der Waals surface area contributed by atoms with Crippen LogP contribution in [0, 0.1) is 0 Å². The minimum Gasteiger partial charge on any atom is -0.330 e. The van der Waals surface area contributed by atoms with E-state index >= 15 is 0 Å². The van der Waals surface area contributed by atoms with E-state index in [4.69, 9.17) is 0 Å². The van der Waals surface area contributed by atoms with E-state index in [1.807, 2.05) is 4.90 Å². The highest BCUT2D eigenvalue weighted by Crippen LogP contribution is 2.37. The lowest BCUT2D eigenvalue weighted by atomic mass is 10.1. The molecule has 112 valence electrons. The van der Waals surface area contributed by atoms with Gasteiger partial charge in [-0.2, -0.15) is 0 Å². The fourth-order valence-corrected chi connectivity index (χ4v) is 2.97. The number of aromatic nitrogens is 4. The van der Waals surface area contributed by atoms with Crippen LogP contribution in [0.2, 0.25) is 0 Å². The smallest absolute Gasteiger partial charge is 0.257 e. The van der Waals surface area contributed by atoms with Gasteiger partial charge in [-0.05, 0) is 25.7 Å². The van der Waals surface area contributed by atoms with Gasteiger partial charge in [-0.25, -0.2) is 9.97 Å². The van der Waals surface area contributed by atoms with E-state index in [0.29, 0.717) is 11.5 Å². The van der Waals surface area contributed by atoms with Gasteiger partial charge >= 0.3 is 0 Å². The third-order valence-electron chi connectivity index (χ3n) is 4.30. The van der Waals surface area contributed by atoms with Crippen molar-refractivity contribution in [2.24, 2.45) is 0 Å². The predicted octanol–water partition coefficient (Wildman–Crippen LogP) is 2.12. The number of carbonyl (C=O) groups excluding carboxylic acids is 1. The molecule has 4 rings (SSSR count). The number of hydrogen-bond acceptors (Lipinski definition) is 5. The van der Waals surface area contributed by atoms with Crippen LogP contribution in [0.15, 0.2) is 31.0 Å². The molecule has 2 aromatic rings. The topological polar surface area (TPSA) is 71.9 Å². The van der Waals surface area contributed by atoms with Gasteiger partial charge in [0.05, 0.1) is 23.5 Å². The molecule has 2 aliphatic rings. The molecular formula is C16H17N5O. The summed E-state index contributed by atoms with van der Waals surface area (Å²) >= 11 is 0. The third kappa shape index (κ3) is 2.45. The molecule has 0 spiro atoms. The van der Waals surface area contributed by atoms with Gasteiger partial charge in [0.1, 0.15) is 5.82 Å². The molecule has 1 atom stereocenters. The van der Waals surface area contributed by atoms with Gasteiger partial charge in [0.2, 0.25) is 0 Å². The highest BCUT2D eigenvalue weighted by Gasteiger charge is 2.32. The van der Waals surface area contributed by atoms with Gasteiger partial charge < -0.3 is 4.90 Å². The Morgan fingerprint density at radius 3 is 2.55 bits per heavy atom. The quantitative estimate of drug-likeness (QED) is 0.867. The van der Waals surface area contributed by atoms with Crippen molar-refractivity contribution >= 4 is 5.91 Å². The Morgan fingerprint density at radius 2 is 1.86 bits per heavy atom. The standard InChI is InChI=1S/C16H17N5O/c22-16(12-8-19-15(20-9-12)11-3-4-11)21-7-1-2-14(21)13-10-17-5-6-18-13/h5-6,8-11,14H,1-4,7H2/t14-/m0/s1. The Bertz CT molecular complexity index is 669. The van der Waals surface area contributed by atoms with Crippen LogP contribution in [0.1, 0.15) is 59.5 Å². The molecule has 0 N–H and O–H groups in total. The SMILES string of the molecule is O=C(c1cnc(C2CC2)nc1)N1CCC[C@H]1c1cnccn1. The van der Waals surface area contributed by atoms with E-state index in [9.17, 15) is 4.79 Å². The second-order valence-corrected chi connectivity index (χ2v) is 5.89. The van der Waals surface area contributed by atoms with Crippen LogP contribution in [-0.2, 0) is 0 Å². The number of amides is 1. The second kappa shape index (κ2) is 5.44. The summed E-state index contributed by atoms with van der Waals surface area (Å²) in [4.78, 5) is 31.7. The van der Waals surface area contributed by atoms with E-state index in [2.05, 4.69) is 19.9 Å². The van der Waals surface area contributed by atoms with Crippen molar-refractivity contribution < 1.29 is 4.79 Å². The van der Waals surface area contributed by atoms with Gasteiger partial charge in [-0.1, -0.05) is 0 Å². The summed E-state index contributed by atoms with van der Waals surface area (Å²) in [6.07, 6.45) is 12.6. The number of likely N-dealkylation sites (tertiary alicyclic amines) is 1. The Kier molecular flexibility index (Phi) is 3.29. The zero-order chi connectivity index (χ0) is 14.9. The maximum atomic E-state index is 12.7. The fraction of sp³-hybridized carbons (Fsp3) is 0.438. The minimum atomic E-state index is -0.0181. The molecule has 0 aromatic carbocycles. The van der Waals surface area contributed by atoms with Crippen LogP contribution in [-0.4, -0.2) is 37.3 Å². The van der Waals surface area contributed by atoms with E-state index in [1.54, 1.807) is 31.0 Å². The van der Waals surface area contributed by atoms with Gasteiger partial charge in [0.15, 0.2) is 0 Å². The van der Waals surface area contributed by atoms with Gasteiger partial charge in [-0.15, -0.1) is 0 Å². The Morgan fingerprint density at radius 1 is 1.05 bits per heavy atom. The van der Waals surface area contributed by atoms with Crippen molar-refractivity contribution in [2.75, 3.05) is 6.54 Å². The van der Waals surface area contributed by atoms with Crippen LogP contribution in [0.4, 0.5) is 0 Å². The molecule has 1 aliphatic carbocycles. The lowest BCUT2D eigenvalue weighted by molar-refractivity contribution is 0.0731. The van der Waals surface area contributed by atoms with Crippen LogP contribution in [0.25, 0.3) is 0 Å². The zero-order valence-electron chi connectivity index (χ0n) is 12.2. The highest BCUT2D eigenvalue weighted by atomic mass is 16.2. The molecule has 3 heterocycles. The summed E-state index contributed by atoms with van der Waals surface area (Å²) in [5, 5.41) is 0.